The minimum atomic E-state index is -0.742. The molecule has 2 aromatic rings. The Hall–Kier alpha value is -1.44. The fraction of sp³-hybridized carbons (Fsp3) is 0.167. The Morgan fingerprint density at radius 2 is 2.14 bits per heavy atom. The third-order valence-corrected chi connectivity index (χ3v) is 3.92. The van der Waals surface area contributed by atoms with E-state index in [-0.39, 0.29) is 26.7 Å². The first-order valence-corrected chi connectivity index (χ1v) is 7.24. The van der Waals surface area contributed by atoms with Gasteiger partial charge in [-0.05, 0) is 46.0 Å². The lowest BCUT2D eigenvalue weighted by Gasteiger charge is -2.09. The third kappa shape index (κ3) is 3.25. The number of aromatic nitrogens is 2. The maximum atomic E-state index is 12.4. The number of nitro groups is 1. The van der Waals surface area contributed by atoms with Crippen molar-refractivity contribution in [2.45, 2.75) is 13.0 Å². The number of carbonyl (C=O) groups excluding carboxylic acids is 1. The predicted molar refractivity (Wildman–Crippen MR) is 82.1 cm³/mol. The second-order valence-corrected chi connectivity index (χ2v) is 5.90. The van der Waals surface area contributed by atoms with Gasteiger partial charge in [0.15, 0.2) is 5.78 Å². The Labute approximate surface area is 137 Å². The highest BCUT2D eigenvalue weighted by molar-refractivity contribution is 9.10. The van der Waals surface area contributed by atoms with Crippen LogP contribution in [0.2, 0.25) is 10.0 Å². The van der Waals surface area contributed by atoms with Gasteiger partial charge in [0.25, 0.3) is 0 Å². The summed E-state index contributed by atoms with van der Waals surface area (Å²) in [6.07, 6.45) is 1.38. The minimum Gasteiger partial charge on any atom is -0.358 e. The average Bonchev–Trinajstić information content (AvgIpc) is 2.79. The summed E-state index contributed by atoms with van der Waals surface area (Å²) in [4.78, 5) is 22.5. The summed E-state index contributed by atoms with van der Waals surface area (Å²) in [6.45, 7) is 1.58. The lowest BCUT2D eigenvalue weighted by atomic mass is 10.1. The van der Waals surface area contributed by atoms with E-state index < -0.39 is 11.0 Å². The molecule has 0 spiro atoms. The fourth-order valence-electron chi connectivity index (χ4n) is 1.72. The van der Waals surface area contributed by atoms with Gasteiger partial charge in [0.2, 0.25) is 0 Å². The van der Waals surface area contributed by atoms with E-state index >= 15 is 0 Å². The predicted octanol–water partition coefficient (Wildman–Crippen LogP) is 4.30. The number of Topliss-reactive ketones (excluding diaryl/α,β-unsaturated/α-hetero) is 1. The molecule has 0 saturated heterocycles. The number of rotatable bonds is 4. The fourth-order valence-corrected chi connectivity index (χ4v) is 2.65. The molecular formula is C12H8BrCl2N3O3. The van der Waals surface area contributed by atoms with E-state index in [4.69, 9.17) is 23.2 Å². The van der Waals surface area contributed by atoms with Crippen molar-refractivity contribution < 1.29 is 9.72 Å². The zero-order chi connectivity index (χ0) is 15.7. The highest BCUT2D eigenvalue weighted by Crippen LogP contribution is 2.28. The van der Waals surface area contributed by atoms with Crippen molar-refractivity contribution in [3.8, 4) is 0 Å². The maximum absolute atomic E-state index is 12.4. The molecular weight excluding hydrogens is 385 g/mol. The lowest BCUT2D eigenvalue weighted by molar-refractivity contribution is -0.390. The first kappa shape index (κ1) is 15.9. The molecule has 0 N–H and O–H groups in total. The van der Waals surface area contributed by atoms with Gasteiger partial charge in [-0.25, -0.2) is 0 Å². The quantitative estimate of drug-likeness (QED) is 0.441. The molecule has 9 heteroatoms. The van der Waals surface area contributed by atoms with Crippen LogP contribution in [0.25, 0.3) is 0 Å². The topological polar surface area (TPSA) is 78.0 Å². The number of hydrogen-bond acceptors (Lipinski definition) is 4. The molecule has 1 unspecified atom stereocenters. The molecule has 0 saturated carbocycles. The molecule has 21 heavy (non-hydrogen) atoms. The highest BCUT2D eigenvalue weighted by atomic mass is 79.9. The van der Waals surface area contributed by atoms with Crippen LogP contribution in [0, 0.1) is 10.1 Å². The van der Waals surface area contributed by atoms with Gasteiger partial charge < -0.3 is 10.1 Å². The summed E-state index contributed by atoms with van der Waals surface area (Å²) in [5.74, 6) is -0.668. The maximum Gasteiger partial charge on any atom is 0.404 e. The molecule has 1 aromatic heterocycles. The smallest absolute Gasteiger partial charge is 0.358 e. The number of carbonyl (C=O) groups is 1. The van der Waals surface area contributed by atoms with Gasteiger partial charge in [-0.2, -0.15) is 4.68 Å². The Balaban J connectivity index is 2.35. The average molecular weight is 393 g/mol. The summed E-state index contributed by atoms with van der Waals surface area (Å²) < 4.78 is 1.42. The van der Waals surface area contributed by atoms with Gasteiger partial charge in [-0.3, -0.25) is 4.79 Å². The van der Waals surface area contributed by atoms with E-state index in [0.29, 0.717) is 5.02 Å². The molecule has 0 aliphatic rings. The van der Waals surface area contributed by atoms with Crippen LogP contribution in [0.3, 0.4) is 0 Å². The monoisotopic (exact) mass is 391 g/mol. The minimum absolute atomic E-state index is 0.203. The SMILES string of the molecule is CC(C(=O)c1ccc(Cl)cc1Cl)n1cc(Br)c([N+](=O)[O-])n1. The van der Waals surface area contributed by atoms with Crippen molar-refractivity contribution in [3.05, 3.63) is 54.6 Å². The van der Waals surface area contributed by atoms with Gasteiger partial charge in [0, 0.05) is 10.6 Å². The summed E-state index contributed by atoms with van der Waals surface area (Å²) in [5.41, 5.74) is 0.280. The van der Waals surface area contributed by atoms with Crippen LogP contribution in [0.1, 0.15) is 23.3 Å². The molecule has 0 aliphatic heterocycles. The Kier molecular flexibility index (Phi) is 4.65. The molecule has 1 aromatic carbocycles. The molecule has 0 fully saturated rings. The second kappa shape index (κ2) is 6.13. The van der Waals surface area contributed by atoms with Crippen molar-refractivity contribution in [3.63, 3.8) is 0 Å². The van der Waals surface area contributed by atoms with Gasteiger partial charge in [0.05, 0.1) is 16.3 Å². The van der Waals surface area contributed by atoms with Crippen LogP contribution in [0.15, 0.2) is 28.9 Å². The number of benzene rings is 1. The largest absolute Gasteiger partial charge is 0.404 e. The molecule has 6 nitrogen and oxygen atoms in total. The van der Waals surface area contributed by atoms with Crippen LogP contribution < -0.4 is 0 Å². The van der Waals surface area contributed by atoms with Crippen molar-refractivity contribution in [2.75, 3.05) is 0 Å². The van der Waals surface area contributed by atoms with Crippen molar-refractivity contribution in [1.29, 1.82) is 0 Å². The lowest BCUT2D eigenvalue weighted by Crippen LogP contribution is -2.17. The van der Waals surface area contributed by atoms with Crippen LogP contribution in [-0.2, 0) is 0 Å². The highest BCUT2D eigenvalue weighted by Gasteiger charge is 2.27. The summed E-state index contributed by atoms with van der Waals surface area (Å²) in [6, 6.07) is 3.78. The Bertz CT molecular complexity index is 733. The van der Waals surface area contributed by atoms with Gasteiger partial charge >= 0.3 is 5.82 Å². The summed E-state index contributed by atoms with van der Waals surface area (Å²) in [7, 11) is 0. The van der Waals surface area contributed by atoms with Crippen LogP contribution in [-0.4, -0.2) is 20.5 Å². The Morgan fingerprint density at radius 3 is 2.67 bits per heavy atom. The van der Waals surface area contributed by atoms with Crippen molar-refractivity contribution in [2.24, 2.45) is 0 Å². The second-order valence-electron chi connectivity index (χ2n) is 4.20. The molecule has 1 atom stereocenters. The zero-order valence-corrected chi connectivity index (χ0v) is 13.7. The molecule has 0 radical (unpaired) electrons. The van der Waals surface area contributed by atoms with Gasteiger partial charge in [-0.15, -0.1) is 0 Å². The van der Waals surface area contributed by atoms with E-state index in [0.717, 1.165) is 0 Å². The zero-order valence-electron chi connectivity index (χ0n) is 10.6. The van der Waals surface area contributed by atoms with E-state index in [1.165, 1.54) is 23.0 Å². The number of ketones is 1. The number of hydrogen-bond donors (Lipinski definition) is 0. The van der Waals surface area contributed by atoms with E-state index in [1.54, 1.807) is 13.0 Å². The standard InChI is InChI=1S/C12H8BrCl2N3O3/c1-6(17-5-9(13)12(16-17)18(20)21)11(19)8-3-2-7(14)4-10(8)15/h2-6H,1H3. The van der Waals surface area contributed by atoms with Crippen LogP contribution >= 0.6 is 39.1 Å². The molecule has 2 rings (SSSR count). The van der Waals surface area contributed by atoms with Crippen LogP contribution in [0.4, 0.5) is 5.82 Å². The normalized spacial score (nSPS) is 12.2. The van der Waals surface area contributed by atoms with Gasteiger partial charge in [-0.1, -0.05) is 23.2 Å². The first-order valence-electron chi connectivity index (χ1n) is 5.69. The van der Waals surface area contributed by atoms with Gasteiger partial charge in [0.1, 0.15) is 10.5 Å². The molecule has 1 heterocycles. The number of nitrogens with zero attached hydrogens (tertiary/aromatic N) is 3. The van der Waals surface area contributed by atoms with Crippen molar-refractivity contribution in [1.82, 2.24) is 9.78 Å². The summed E-state index contributed by atoms with van der Waals surface area (Å²) in [5, 5.41) is 15.2. The summed E-state index contributed by atoms with van der Waals surface area (Å²) >= 11 is 14.8. The van der Waals surface area contributed by atoms with Crippen molar-refractivity contribution >= 4 is 50.7 Å². The van der Waals surface area contributed by atoms with E-state index in [1.807, 2.05) is 0 Å². The molecule has 0 amide bonds. The van der Waals surface area contributed by atoms with Crippen LogP contribution in [0.5, 0.6) is 0 Å². The molecule has 110 valence electrons. The molecule has 0 aliphatic carbocycles. The van der Waals surface area contributed by atoms with E-state index in [2.05, 4.69) is 21.0 Å². The van der Waals surface area contributed by atoms with E-state index in [9.17, 15) is 14.9 Å². The Morgan fingerprint density at radius 1 is 1.48 bits per heavy atom. The number of halogens is 3. The third-order valence-electron chi connectivity index (χ3n) is 2.82. The molecule has 0 bridgehead atoms. The first-order chi connectivity index (χ1) is 9.81.